The summed E-state index contributed by atoms with van der Waals surface area (Å²) >= 11 is 0. The van der Waals surface area contributed by atoms with E-state index in [2.05, 4.69) is 10.6 Å². The zero-order valence-corrected chi connectivity index (χ0v) is 14.7. The minimum Gasteiger partial charge on any atom is -0.444 e. The Hall–Kier alpha value is -1.38. The molecule has 0 aromatic heterocycles. The summed E-state index contributed by atoms with van der Waals surface area (Å²) in [6.45, 7) is 5.39. The van der Waals surface area contributed by atoms with Crippen LogP contribution in [0.15, 0.2) is 0 Å². The molecule has 0 aliphatic carbocycles. The number of ether oxygens (including phenoxy) is 3. The third kappa shape index (κ3) is 10.9. The number of alkyl carbamates (subject to hydrolysis) is 1. The largest absolute Gasteiger partial charge is 0.444 e. The van der Waals surface area contributed by atoms with Crippen molar-refractivity contribution in [2.24, 2.45) is 0 Å². The van der Waals surface area contributed by atoms with Crippen LogP contribution < -0.4 is 10.6 Å². The fourth-order valence-electron chi connectivity index (χ4n) is 1.78. The number of carbonyl (C=O) groups excluding carboxylic acids is 2. The van der Waals surface area contributed by atoms with Crippen LogP contribution >= 0.6 is 0 Å². The standard InChI is InChI=1S/C15H30N2O6/c1-15(2,3)23-14(20)17-11(8-10-18)13(19)16-9-6-7-12(21-4)22-5/h11-12,18H,6-10H2,1-5H3,(H,16,19)(H,17,20). The van der Waals surface area contributed by atoms with E-state index in [1.165, 1.54) is 0 Å². The molecule has 0 radical (unpaired) electrons. The monoisotopic (exact) mass is 334 g/mol. The molecule has 23 heavy (non-hydrogen) atoms. The van der Waals surface area contributed by atoms with Gasteiger partial charge in [-0.25, -0.2) is 4.79 Å². The third-order valence-corrected chi connectivity index (χ3v) is 2.87. The van der Waals surface area contributed by atoms with Crippen molar-refractivity contribution >= 4 is 12.0 Å². The van der Waals surface area contributed by atoms with E-state index in [1.54, 1.807) is 35.0 Å². The SMILES string of the molecule is COC(CCCNC(=O)C(CCO)NC(=O)OC(C)(C)C)OC. The summed E-state index contributed by atoms with van der Waals surface area (Å²) in [5, 5.41) is 14.2. The van der Waals surface area contributed by atoms with Crippen LogP contribution in [0, 0.1) is 0 Å². The van der Waals surface area contributed by atoms with Crippen LogP contribution in [-0.4, -0.2) is 62.4 Å². The molecular formula is C15H30N2O6. The fourth-order valence-corrected chi connectivity index (χ4v) is 1.78. The van der Waals surface area contributed by atoms with Crippen LogP contribution in [0.25, 0.3) is 0 Å². The molecule has 0 bridgehead atoms. The number of hydrogen-bond donors (Lipinski definition) is 3. The smallest absolute Gasteiger partial charge is 0.408 e. The Morgan fingerprint density at radius 1 is 1.13 bits per heavy atom. The van der Waals surface area contributed by atoms with E-state index in [1.807, 2.05) is 0 Å². The van der Waals surface area contributed by atoms with Crippen molar-refractivity contribution in [3.8, 4) is 0 Å². The highest BCUT2D eigenvalue weighted by Gasteiger charge is 2.23. The number of hydrogen-bond acceptors (Lipinski definition) is 6. The van der Waals surface area contributed by atoms with Crippen LogP contribution in [0.2, 0.25) is 0 Å². The fraction of sp³-hybridized carbons (Fsp3) is 0.867. The molecule has 1 unspecified atom stereocenters. The second-order valence-corrected chi connectivity index (χ2v) is 6.05. The molecule has 0 aromatic rings. The van der Waals surface area contributed by atoms with Gasteiger partial charge < -0.3 is 30.0 Å². The van der Waals surface area contributed by atoms with E-state index >= 15 is 0 Å². The minimum absolute atomic E-state index is 0.115. The molecule has 8 nitrogen and oxygen atoms in total. The van der Waals surface area contributed by atoms with Crippen molar-refractivity contribution < 1.29 is 28.9 Å². The van der Waals surface area contributed by atoms with Crippen molar-refractivity contribution in [1.29, 1.82) is 0 Å². The Bertz CT molecular complexity index is 352. The highest BCUT2D eigenvalue weighted by molar-refractivity contribution is 5.85. The van der Waals surface area contributed by atoms with Crippen molar-refractivity contribution in [2.45, 2.75) is 58.0 Å². The number of carbonyl (C=O) groups is 2. The first-order valence-electron chi connectivity index (χ1n) is 7.67. The van der Waals surface area contributed by atoms with E-state index in [0.717, 1.165) is 0 Å². The molecule has 8 heteroatoms. The van der Waals surface area contributed by atoms with E-state index < -0.39 is 17.7 Å². The van der Waals surface area contributed by atoms with E-state index in [4.69, 9.17) is 19.3 Å². The van der Waals surface area contributed by atoms with Gasteiger partial charge in [-0.2, -0.15) is 0 Å². The van der Waals surface area contributed by atoms with Gasteiger partial charge in [0, 0.05) is 33.8 Å². The van der Waals surface area contributed by atoms with Gasteiger partial charge in [-0.3, -0.25) is 4.79 Å². The maximum absolute atomic E-state index is 12.1. The van der Waals surface area contributed by atoms with Gasteiger partial charge in [0.05, 0.1) is 0 Å². The minimum atomic E-state index is -0.838. The van der Waals surface area contributed by atoms with Gasteiger partial charge >= 0.3 is 6.09 Å². The highest BCUT2D eigenvalue weighted by atomic mass is 16.7. The molecule has 2 amide bonds. The van der Waals surface area contributed by atoms with Gasteiger partial charge in [0.15, 0.2) is 6.29 Å². The number of aliphatic hydroxyl groups excluding tert-OH is 1. The second-order valence-electron chi connectivity index (χ2n) is 6.05. The van der Waals surface area contributed by atoms with Gasteiger partial charge in [-0.15, -0.1) is 0 Å². The molecule has 0 aliphatic heterocycles. The van der Waals surface area contributed by atoms with E-state index in [0.29, 0.717) is 19.4 Å². The molecule has 3 N–H and O–H groups in total. The van der Waals surface area contributed by atoms with Gasteiger partial charge in [-0.1, -0.05) is 0 Å². The molecule has 1 atom stereocenters. The lowest BCUT2D eigenvalue weighted by Gasteiger charge is -2.23. The van der Waals surface area contributed by atoms with Gasteiger partial charge in [0.2, 0.25) is 5.91 Å². The lowest BCUT2D eigenvalue weighted by atomic mass is 10.2. The maximum atomic E-state index is 12.1. The van der Waals surface area contributed by atoms with E-state index in [-0.39, 0.29) is 25.2 Å². The number of rotatable bonds is 10. The van der Waals surface area contributed by atoms with Crippen LogP contribution in [0.1, 0.15) is 40.0 Å². The summed E-state index contributed by atoms with van der Waals surface area (Å²) in [5.41, 5.74) is -0.653. The first-order valence-corrected chi connectivity index (χ1v) is 7.67. The molecule has 0 saturated heterocycles. The Morgan fingerprint density at radius 3 is 2.22 bits per heavy atom. The Kier molecular flexibility index (Phi) is 10.5. The van der Waals surface area contributed by atoms with Crippen molar-refractivity contribution in [3.05, 3.63) is 0 Å². The summed E-state index contributed by atoms with van der Waals surface area (Å²) < 4.78 is 15.2. The summed E-state index contributed by atoms with van der Waals surface area (Å²) in [6.07, 6.45) is 0.419. The number of methoxy groups -OCH3 is 2. The molecule has 0 rings (SSSR count). The molecule has 0 heterocycles. The summed E-state index contributed by atoms with van der Waals surface area (Å²) in [5.74, 6) is -0.365. The van der Waals surface area contributed by atoms with Crippen molar-refractivity contribution in [1.82, 2.24) is 10.6 Å². The first kappa shape index (κ1) is 21.6. The zero-order chi connectivity index (χ0) is 17.9. The molecular weight excluding hydrogens is 304 g/mol. The second kappa shape index (κ2) is 11.2. The Balaban J connectivity index is 4.26. The molecule has 0 fully saturated rings. The van der Waals surface area contributed by atoms with Gasteiger partial charge in [0.25, 0.3) is 0 Å². The zero-order valence-electron chi connectivity index (χ0n) is 14.7. The molecule has 0 saturated carbocycles. The van der Waals surface area contributed by atoms with Crippen molar-refractivity contribution in [2.75, 3.05) is 27.4 Å². The van der Waals surface area contributed by atoms with Crippen LogP contribution in [0.4, 0.5) is 4.79 Å². The maximum Gasteiger partial charge on any atom is 0.408 e. The topological polar surface area (TPSA) is 106 Å². The quantitative estimate of drug-likeness (QED) is 0.403. The Morgan fingerprint density at radius 2 is 1.74 bits per heavy atom. The number of aliphatic hydroxyl groups is 1. The number of nitrogens with one attached hydrogen (secondary N) is 2. The van der Waals surface area contributed by atoms with Crippen molar-refractivity contribution in [3.63, 3.8) is 0 Å². The Labute approximate surface area is 137 Å². The lowest BCUT2D eigenvalue weighted by molar-refractivity contribution is -0.124. The molecule has 0 aromatic carbocycles. The van der Waals surface area contributed by atoms with E-state index in [9.17, 15) is 9.59 Å². The predicted octanol–water partition coefficient (Wildman–Crippen LogP) is 0.777. The van der Waals surface area contributed by atoms with Gasteiger partial charge in [0.1, 0.15) is 11.6 Å². The molecule has 136 valence electrons. The molecule has 0 aliphatic rings. The summed E-state index contributed by atoms with van der Waals surface area (Å²) in [6, 6.07) is -0.838. The normalized spacial score (nSPS) is 12.8. The molecule has 0 spiro atoms. The lowest BCUT2D eigenvalue weighted by Crippen LogP contribution is -2.48. The third-order valence-electron chi connectivity index (χ3n) is 2.87. The summed E-state index contributed by atoms with van der Waals surface area (Å²) in [7, 11) is 3.10. The summed E-state index contributed by atoms with van der Waals surface area (Å²) in [4.78, 5) is 23.8. The van der Waals surface area contributed by atoms with Crippen LogP contribution in [0.5, 0.6) is 0 Å². The highest BCUT2D eigenvalue weighted by Crippen LogP contribution is 2.07. The average Bonchev–Trinajstić information content (AvgIpc) is 2.44. The predicted molar refractivity (Wildman–Crippen MR) is 84.9 cm³/mol. The van der Waals surface area contributed by atoms with Gasteiger partial charge in [-0.05, 0) is 33.6 Å². The average molecular weight is 334 g/mol. The van der Waals surface area contributed by atoms with Crippen LogP contribution in [-0.2, 0) is 19.0 Å². The first-order chi connectivity index (χ1) is 10.7. The number of amides is 2. The van der Waals surface area contributed by atoms with Crippen LogP contribution in [0.3, 0.4) is 0 Å².